The molecule has 0 aliphatic heterocycles. The Bertz CT molecular complexity index is 488. The second kappa shape index (κ2) is 7.73. The van der Waals surface area contributed by atoms with Crippen molar-refractivity contribution < 1.29 is 8.42 Å². The summed E-state index contributed by atoms with van der Waals surface area (Å²) in [6.45, 7) is 7.09. The maximum absolute atomic E-state index is 12.1. The standard InChI is InChI=1S/C14H25N3O2S/c1-11(2)14(9-15)16-10-12(3)17-20(18,19)13-7-5-4-6-8-13/h4-8,11-12,14,16-17H,9-10,15H2,1-3H3/t12-,14-/m1/s1. The Morgan fingerprint density at radius 1 is 1.15 bits per heavy atom. The molecule has 1 aromatic carbocycles. The van der Waals surface area contributed by atoms with Crippen LogP contribution in [-0.2, 0) is 10.0 Å². The van der Waals surface area contributed by atoms with Crippen molar-refractivity contribution in [2.45, 2.75) is 37.8 Å². The van der Waals surface area contributed by atoms with Gasteiger partial charge in [-0.25, -0.2) is 13.1 Å². The summed E-state index contributed by atoms with van der Waals surface area (Å²) in [5.41, 5.74) is 5.68. The lowest BCUT2D eigenvalue weighted by Gasteiger charge is -2.23. The van der Waals surface area contributed by atoms with Gasteiger partial charge in [0.25, 0.3) is 0 Å². The number of sulfonamides is 1. The Balaban J connectivity index is 2.56. The van der Waals surface area contributed by atoms with Crippen LogP contribution in [0.3, 0.4) is 0 Å². The maximum atomic E-state index is 12.1. The van der Waals surface area contributed by atoms with Gasteiger partial charge in [0.05, 0.1) is 4.90 Å². The molecule has 0 aromatic heterocycles. The second-order valence-corrected chi connectivity index (χ2v) is 7.04. The lowest BCUT2D eigenvalue weighted by atomic mass is 10.0. The van der Waals surface area contributed by atoms with E-state index in [1.54, 1.807) is 30.3 Å². The Morgan fingerprint density at radius 3 is 2.25 bits per heavy atom. The SMILES string of the molecule is CC(C)[C@@H](CN)NC[C@@H](C)NS(=O)(=O)c1ccccc1. The first-order chi connectivity index (χ1) is 9.36. The van der Waals surface area contributed by atoms with Gasteiger partial charge in [-0.1, -0.05) is 32.0 Å². The molecule has 6 heteroatoms. The van der Waals surface area contributed by atoms with Crippen molar-refractivity contribution in [3.63, 3.8) is 0 Å². The number of hydrogen-bond donors (Lipinski definition) is 3. The molecule has 0 saturated carbocycles. The highest BCUT2D eigenvalue weighted by molar-refractivity contribution is 7.89. The first-order valence-electron chi connectivity index (χ1n) is 6.87. The molecular formula is C14H25N3O2S. The molecule has 0 bridgehead atoms. The number of hydrogen-bond acceptors (Lipinski definition) is 4. The van der Waals surface area contributed by atoms with Crippen LogP contribution in [0.4, 0.5) is 0 Å². The molecule has 0 radical (unpaired) electrons. The van der Waals surface area contributed by atoms with Crippen LogP contribution >= 0.6 is 0 Å². The summed E-state index contributed by atoms with van der Waals surface area (Å²) in [5, 5.41) is 3.29. The number of nitrogens with two attached hydrogens (primary N) is 1. The van der Waals surface area contributed by atoms with Crippen molar-refractivity contribution in [1.29, 1.82) is 0 Å². The third kappa shape index (κ3) is 5.20. The molecule has 5 nitrogen and oxygen atoms in total. The smallest absolute Gasteiger partial charge is 0.240 e. The molecule has 0 aliphatic carbocycles. The summed E-state index contributed by atoms with van der Waals surface area (Å²) < 4.78 is 26.9. The van der Waals surface area contributed by atoms with Gasteiger partial charge < -0.3 is 11.1 Å². The molecule has 2 atom stereocenters. The van der Waals surface area contributed by atoms with E-state index in [1.807, 2.05) is 6.92 Å². The Hall–Kier alpha value is -0.950. The molecule has 114 valence electrons. The molecule has 0 aliphatic rings. The van der Waals surface area contributed by atoms with Gasteiger partial charge in [0, 0.05) is 25.2 Å². The number of benzene rings is 1. The van der Waals surface area contributed by atoms with E-state index in [1.165, 1.54) is 0 Å². The van der Waals surface area contributed by atoms with Crippen LogP contribution in [0.15, 0.2) is 35.2 Å². The van der Waals surface area contributed by atoms with Gasteiger partial charge in [-0.05, 0) is 25.0 Å². The third-order valence-corrected chi connectivity index (χ3v) is 4.76. The summed E-state index contributed by atoms with van der Waals surface area (Å²) in [6, 6.07) is 8.37. The molecule has 0 unspecified atom stereocenters. The van der Waals surface area contributed by atoms with E-state index in [-0.39, 0.29) is 17.0 Å². The van der Waals surface area contributed by atoms with Gasteiger partial charge in [-0.15, -0.1) is 0 Å². The molecule has 0 saturated heterocycles. The number of rotatable bonds is 8. The van der Waals surface area contributed by atoms with Crippen molar-refractivity contribution >= 4 is 10.0 Å². The van der Waals surface area contributed by atoms with Crippen molar-refractivity contribution in [3.05, 3.63) is 30.3 Å². The Labute approximate surface area is 122 Å². The minimum atomic E-state index is -3.46. The Morgan fingerprint density at radius 2 is 1.75 bits per heavy atom. The molecule has 0 heterocycles. The topological polar surface area (TPSA) is 84.2 Å². The fraction of sp³-hybridized carbons (Fsp3) is 0.571. The van der Waals surface area contributed by atoms with Gasteiger partial charge >= 0.3 is 0 Å². The highest BCUT2D eigenvalue weighted by atomic mass is 32.2. The number of nitrogens with one attached hydrogen (secondary N) is 2. The van der Waals surface area contributed by atoms with Gasteiger partial charge in [0.2, 0.25) is 10.0 Å². The first kappa shape index (κ1) is 17.1. The summed E-state index contributed by atoms with van der Waals surface area (Å²) in [5.74, 6) is 0.415. The highest BCUT2D eigenvalue weighted by Gasteiger charge is 2.18. The third-order valence-electron chi connectivity index (χ3n) is 3.15. The second-order valence-electron chi connectivity index (χ2n) is 5.33. The van der Waals surface area contributed by atoms with E-state index in [2.05, 4.69) is 23.9 Å². The van der Waals surface area contributed by atoms with E-state index < -0.39 is 10.0 Å². The van der Waals surface area contributed by atoms with Crippen LogP contribution in [0.25, 0.3) is 0 Å². The van der Waals surface area contributed by atoms with E-state index >= 15 is 0 Å². The van der Waals surface area contributed by atoms with Crippen molar-refractivity contribution in [2.24, 2.45) is 11.7 Å². The zero-order valence-electron chi connectivity index (χ0n) is 12.3. The molecule has 1 rings (SSSR count). The summed E-state index contributed by atoms with van der Waals surface area (Å²) in [4.78, 5) is 0.283. The van der Waals surface area contributed by atoms with Gasteiger partial charge in [-0.3, -0.25) is 0 Å². The van der Waals surface area contributed by atoms with Gasteiger partial charge in [0.15, 0.2) is 0 Å². The highest BCUT2D eigenvalue weighted by Crippen LogP contribution is 2.08. The lowest BCUT2D eigenvalue weighted by molar-refractivity contribution is 0.391. The Kier molecular flexibility index (Phi) is 6.61. The molecule has 0 fully saturated rings. The largest absolute Gasteiger partial charge is 0.329 e. The van der Waals surface area contributed by atoms with E-state index in [0.717, 1.165) is 0 Å². The average Bonchev–Trinajstić information content (AvgIpc) is 2.39. The van der Waals surface area contributed by atoms with Crippen molar-refractivity contribution in [1.82, 2.24) is 10.0 Å². The van der Waals surface area contributed by atoms with Crippen LogP contribution in [0.1, 0.15) is 20.8 Å². The van der Waals surface area contributed by atoms with Crippen LogP contribution in [-0.4, -0.2) is 33.6 Å². The molecule has 1 aromatic rings. The lowest BCUT2D eigenvalue weighted by Crippen LogP contribution is -2.47. The average molecular weight is 299 g/mol. The van der Waals surface area contributed by atoms with Gasteiger partial charge in [0.1, 0.15) is 0 Å². The zero-order chi connectivity index (χ0) is 15.2. The fourth-order valence-electron chi connectivity index (χ4n) is 1.89. The van der Waals surface area contributed by atoms with Gasteiger partial charge in [-0.2, -0.15) is 0 Å². The minimum Gasteiger partial charge on any atom is -0.329 e. The summed E-state index contributed by atoms with van der Waals surface area (Å²) in [7, 11) is -3.46. The van der Waals surface area contributed by atoms with E-state index in [0.29, 0.717) is 19.0 Å². The van der Waals surface area contributed by atoms with Crippen LogP contribution in [0, 0.1) is 5.92 Å². The maximum Gasteiger partial charge on any atom is 0.240 e. The fourth-order valence-corrected chi connectivity index (χ4v) is 3.16. The monoisotopic (exact) mass is 299 g/mol. The molecular weight excluding hydrogens is 274 g/mol. The predicted octanol–water partition coefficient (Wildman–Crippen LogP) is 0.926. The normalized spacial score (nSPS) is 15.2. The minimum absolute atomic E-state index is 0.193. The van der Waals surface area contributed by atoms with E-state index in [4.69, 9.17) is 5.73 Å². The summed E-state index contributed by atoms with van der Waals surface area (Å²) >= 11 is 0. The van der Waals surface area contributed by atoms with Crippen molar-refractivity contribution in [3.8, 4) is 0 Å². The molecule has 4 N–H and O–H groups in total. The predicted molar refractivity (Wildman–Crippen MR) is 81.9 cm³/mol. The van der Waals surface area contributed by atoms with Crippen LogP contribution in [0.2, 0.25) is 0 Å². The summed E-state index contributed by atoms with van der Waals surface area (Å²) in [6.07, 6.45) is 0. The first-order valence-corrected chi connectivity index (χ1v) is 8.36. The van der Waals surface area contributed by atoms with Crippen LogP contribution < -0.4 is 15.8 Å². The van der Waals surface area contributed by atoms with E-state index in [9.17, 15) is 8.42 Å². The van der Waals surface area contributed by atoms with Crippen molar-refractivity contribution in [2.75, 3.05) is 13.1 Å². The zero-order valence-corrected chi connectivity index (χ0v) is 13.2. The molecule has 20 heavy (non-hydrogen) atoms. The molecule has 0 amide bonds. The van der Waals surface area contributed by atoms with Crippen LogP contribution in [0.5, 0.6) is 0 Å². The quantitative estimate of drug-likeness (QED) is 0.666. The molecule has 0 spiro atoms.